The minimum atomic E-state index is -4.64. The Kier molecular flexibility index (Phi) is 6.88. The van der Waals surface area contributed by atoms with E-state index in [4.69, 9.17) is 5.73 Å². The lowest BCUT2D eigenvalue weighted by atomic mass is 10.1. The molecule has 3 aromatic carbocycles. The number of hydrogen-bond donors (Lipinski definition) is 5. The van der Waals surface area contributed by atoms with Crippen LogP contribution in [0.2, 0.25) is 0 Å². The van der Waals surface area contributed by atoms with E-state index >= 15 is 0 Å². The molecule has 10 heteroatoms. The van der Waals surface area contributed by atoms with Crippen molar-refractivity contribution in [3.05, 3.63) is 82.9 Å². The maximum Gasteiger partial charge on any atom is 0.416 e. The van der Waals surface area contributed by atoms with Crippen LogP contribution in [0.3, 0.4) is 0 Å². The number of carbonyl (C=O) groups is 2. The minimum absolute atomic E-state index is 0.0733. The number of nitrogens with one attached hydrogen (secondary N) is 2. The molecule has 172 valence electrons. The maximum absolute atomic E-state index is 13.3. The molecule has 0 saturated heterocycles. The van der Waals surface area contributed by atoms with Gasteiger partial charge in [-0.3, -0.25) is 0 Å². The molecule has 0 heterocycles. The van der Waals surface area contributed by atoms with E-state index in [1.54, 1.807) is 6.07 Å². The predicted molar refractivity (Wildman–Crippen MR) is 118 cm³/mol. The van der Waals surface area contributed by atoms with Crippen LogP contribution < -0.4 is 16.4 Å². The second kappa shape index (κ2) is 9.61. The Bertz CT molecular complexity index is 1200. The zero-order valence-electron chi connectivity index (χ0n) is 17.1. The average Bonchev–Trinajstić information content (AvgIpc) is 2.75. The Morgan fingerprint density at radius 1 is 0.788 bits per heavy atom. The molecular weight excluding hydrogens is 439 g/mol. The largest absolute Gasteiger partial charge is 0.478 e. The summed E-state index contributed by atoms with van der Waals surface area (Å²) >= 11 is 0. The molecular formula is C23H20F3N3O4. The monoisotopic (exact) mass is 459 g/mol. The Morgan fingerprint density at radius 2 is 1.39 bits per heavy atom. The van der Waals surface area contributed by atoms with Gasteiger partial charge in [-0.2, -0.15) is 13.2 Å². The fourth-order valence-electron chi connectivity index (χ4n) is 3.20. The normalized spacial score (nSPS) is 11.2. The van der Waals surface area contributed by atoms with Crippen molar-refractivity contribution in [2.75, 3.05) is 17.2 Å². The number of aromatic carboxylic acids is 2. The summed E-state index contributed by atoms with van der Waals surface area (Å²) in [6, 6.07) is 13.2. The van der Waals surface area contributed by atoms with E-state index in [1.807, 2.05) is 0 Å². The Labute approximate surface area is 186 Å². The number of para-hydroxylation sites is 1. The lowest BCUT2D eigenvalue weighted by Crippen LogP contribution is -2.10. The molecule has 0 atom stereocenters. The van der Waals surface area contributed by atoms with Gasteiger partial charge in [0.25, 0.3) is 0 Å². The van der Waals surface area contributed by atoms with E-state index < -0.39 is 23.7 Å². The molecule has 0 spiro atoms. The van der Waals surface area contributed by atoms with Gasteiger partial charge in [0.1, 0.15) is 0 Å². The van der Waals surface area contributed by atoms with Gasteiger partial charge in [0.15, 0.2) is 0 Å². The molecule has 0 fully saturated rings. The quantitative estimate of drug-likeness (QED) is 0.318. The third-order valence-electron chi connectivity index (χ3n) is 4.79. The number of carboxylic acid groups (broad SMARTS) is 2. The Hall–Kier alpha value is -4.05. The highest BCUT2D eigenvalue weighted by atomic mass is 19.4. The highest BCUT2D eigenvalue weighted by Gasteiger charge is 2.31. The summed E-state index contributed by atoms with van der Waals surface area (Å²) in [7, 11) is 0. The van der Waals surface area contributed by atoms with E-state index in [2.05, 4.69) is 10.6 Å². The molecule has 3 aromatic rings. The van der Waals surface area contributed by atoms with Crippen LogP contribution >= 0.6 is 0 Å². The number of halogens is 3. The first-order chi connectivity index (χ1) is 15.6. The molecule has 33 heavy (non-hydrogen) atoms. The van der Waals surface area contributed by atoms with Gasteiger partial charge in [-0.05, 0) is 61.0 Å². The van der Waals surface area contributed by atoms with E-state index in [1.165, 1.54) is 36.4 Å². The van der Waals surface area contributed by atoms with Crippen molar-refractivity contribution in [2.45, 2.75) is 12.6 Å². The van der Waals surface area contributed by atoms with Crippen molar-refractivity contribution in [1.82, 2.24) is 0 Å². The molecule has 0 bridgehead atoms. The third-order valence-corrected chi connectivity index (χ3v) is 4.79. The number of alkyl halides is 3. The van der Waals surface area contributed by atoms with E-state index in [-0.39, 0.29) is 33.9 Å². The fraction of sp³-hybridized carbons (Fsp3) is 0.130. The number of anilines is 4. The Morgan fingerprint density at radius 3 is 2.03 bits per heavy atom. The zero-order valence-corrected chi connectivity index (χ0v) is 17.1. The van der Waals surface area contributed by atoms with Gasteiger partial charge in [0, 0.05) is 0 Å². The van der Waals surface area contributed by atoms with Crippen molar-refractivity contribution < 1.29 is 33.0 Å². The number of rotatable bonds is 8. The molecule has 0 aromatic heterocycles. The van der Waals surface area contributed by atoms with Crippen LogP contribution in [0.4, 0.5) is 35.9 Å². The summed E-state index contributed by atoms with van der Waals surface area (Å²) in [6.07, 6.45) is -4.18. The molecule has 0 aliphatic carbocycles. The van der Waals surface area contributed by atoms with Crippen LogP contribution in [0.15, 0.2) is 60.7 Å². The first-order valence-electron chi connectivity index (χ1n) is 9.74. The van der Waals surface area contributed by atoms with Gasteiger partial charge in [0.2, 0.25) is 0 Å². The molecule has 7 nitrogen and oxygen atoms in total. The van der Waals surface area contributed by atoms with E-state index in [0.717, 1.165) is 18.2 Å². The topological polar surface area (TPSA) is 125 Å². The van der Waals surface area contributed by atoms with Gasteiger partial charge in [-0.25, -0.2) is 9.59 Å². The van der Waals surface area contributed by atoms with Gasteiger partial charge in [-0.1, -0.05) is 18.2 Å². The molecule has 0 aliphatic heterocycles. The van der Waals surface area contributed by atoms with Crippen molar-refractivity contribution in [3.8, 4) is 0 Å². The SMILES string of the molecule is NCCc1ccc(Nc2ccc(C(F)(F)F)cc2Nc2ccccc2C(=O)O)c(C(=O)O)c1. The van der Waals surface area contributed by atoms with Crippen molar-refractivity contribution in [2.24, 2.45) is 5.73 Å². The van der Waals surface area contributed by atoms with Crippen LogP contribution in [0, 0.1) is 0 Å². The molecule has 0 amide bonds. The number of hydrogen-bond acceptors (Lipinski definition) is 5. The van der Waals surface area contributed by atoms with E-state index in [0.29, 0.717) is 18.5 Å². The fourth-order valence-corrected chi connectivity index (χ4v) is 3.20. The molecule has 0 unspecified atom stereocenters. The number of nitrogens with two attached hydrogens (primary N) is 1. The molecule has 0 aliphatic rings. The van der Waals surface area contributed by atoms with Crippen molar-refractivity contribution in [1.29, 1.82) is 0 Å². The van der Waals surface area contributed by atoms with Crippen LogP contribution in [-0.4, -0.2) is 28.7 Å². The summed E-state index contributed by atoms with van der Waals surface area (Å²) in [4.78, 5) is 23.3. The smallest absolute Gasteiger partial charge is 0.416 e. The highest BCUT2D eigenvalue weighted by Crippen LogP contribution is 2.37. The lowest BCUT2D eigenvalue weighted by molar-refractivity contribution is -0.137. The summed E-state index contributed by atoms with van der Waals surface area (Å²) in [5.74, 6) is -2.49. The minimum Gasteiger partial charge on any atom is -0.478 e. The first kappa shape index (κ1) is 23.6. The second-order valence-corrected chi connectivity index (χ2v) is 7.08. The number of benzene rings is 3. The number of carboxylic acids is 2. The van der Waals surface area contributed by atoms with Crippen LogP contribution in [0.25, 0.3) is 0 Å². The third kappa shape index (κ3) is 5.60. The lowest BCUT2D eigenvalue weighted by Gasteiger charge is -2.19. The summed E-state index contributed by atoms with van der Waals surface area (Å²) in [6.45, 7) is 0.321. The predicted octanol–water partition coefficient (Wildman–Crippen LogP) is 5.09. The molecule has 0 saturated carbocycles. The first-order valence-corrected chi connectivity index (χ1v) is 9.74. The Balaban J connectivity index is 2.08. The van der Waals surface area contributed by atoms with Gasteiger partial charge in [-0.15, -0.1) is 0 Å². The van der Waals surface area contributed by atoms with Gasteiger partial charge >= 0.3 is 18.1 Å². The summed E-state index contributed by atoms with van der Waals surface area (Å²) in [5, 5.41) is 24.6. The van der Waals surface area contributed by atoms with Crippen molar-refractivity contribution in [3.63, 3.8) is 0 Å². The zero-order chi connectivity index (χ0) is 24.2. The summed E-state index contributed by atoms with van der Waals surface area (Å²) < 4.78 is 40.0. The van der Waals surface area contributed by atoms with Crippen molar-refractivity contribution >= 4 is 34.7 Å². The van der Waals surface area contributed by atoms with Crippen LogP contribution in [-0.2, 0) is 12.6 Å². The van der Waals surface area contributed by atoms with Gasteiger partial charge < -0.3 is 26.6 Å². The molecule has 0 radical (unpaired) electrons. The molecule has 3 rings (SSSR count). The van der Waals surface area contributed by atoms with Gasteiger partial charge in [0.05, 0.1) is 39.4 Å². The highest BCUT2D eigenvalue weighted by molar-refractivity contribution is 5.98. The second-order valence-electron chi connectivity index (χ2n) is 7.08. The van der Waals surface area contributed by atoms with Crippen LogP contribution in [0.5, 0.6) is 0 Å². The average molecular weight is 459 g/mol. The standard InChI is InChI=1S/C23H20F3N3O4/c24-23(25,26)14-6-8-19(20(12-14)29-17-4-2-1-3-15(17)21(30)31)28-18-7-5-13(9-10-27)11-16(18)22(32)33/h1-8,11-12,28-29H,9-10,27H2,(H,30,31)(H,32,33). The molecule has 6 N–H and O–H groups in total. The summed E-state index contributed by atoms with van der Waals surface area (Å²) in [5.41, 5.74) is 5.29. The maximum atomic E-state index is 13.3. The van der Waals surface area contributed by atoms with Crippen LogP contribution in [0.1, 0.15) is 31.8 Å². The van der Waals surface area contributed by atoms with E-state index in [9.17, 15) is 33.0 Å².